The molecule has 0 aromatic carbocycles. The first-order valence-electron chi connectivity index (χ1n) is 1.69. The van der Waals surface area contributed by atoms with Gasteiger partial charge in [0, 0.05) is 7.05 Å². The lowest BCUT2D eigenvalue weighted by molar-refractivity contribution is -0.973. The Morgan fingerprint density at radius 1 is 1.50 bits per heavy atom. The molecule has 0 saturated carbocycles. The zero-order valence-corrected chi connectivity index (χ0v) is 4.10. The van der Waals surface area contributed by atoms with Gasteiger partial charge in [0.2, 0.25) is 0 Å². The van der Waals surface area contributed by atoms with E-state index in [0.29, 0.717) is 0 Å². The van der Waals surface area contributed by atoms with Gasteiger partial charge in [-0.3, -0.25) is 0 Å². The summed E-state index contributed by atoms with van der Waals surface area (Å²) in [7, 11) is 3.31. The van der Waals surface area contributed by atoms with Crippen molar-refractivity contribution in [2.45, 2.75) is 0 Å². The molecule has 0 aliphatic heterocycles. The third-order valence-electron chi connectivity index (χ3n) is 0.482. The molecule has 0 saturated heterocycles. The summed E-state index contributed by atoms with van der Waals surface area (Å²) >= 11 is 0. The summed E-state index contributed by atoms with van der Waals surface area (Å²) in [5.41, 5.74) is 2.60. The Morgan fingerprint density at radius 3 is 1.67 bits per heavy atom. The molecule has 0 atom stereocenters. The molecule has 6 heavy (non-hydrogen) atoms. The summed E-state index contributed by atoms with van der Waals surface area (Å²) < 4.78 is 0. The Bertz CT molecular complexity index is 35.3. The first-order chi connectivity index (χ1) is 2.56. The maximum Gasteiger partial charge on any atom is 0.124 e. The number of nitrogens with zero attached hydrogens (tertiary/aromatic N) is 1. The Labute approximate surface area is 37.2 Å². The molecular weight excluding hydrogens is 80.1 g/mol. The smallest absolute Gasteiger partial charge is 0.124 e. The molecule has 0 bridgehead atoms. The first-order valence-corrected chi connectivity index (χ1v) is 1.69. The summed E-state index contributed by atoms with van der Waals surface area (Å²) in [4.78, 5) is -0.181. The van der Waals surface area contributed by atoms with Crippen molar-refractivity contribution in [3.63, 3.8) is 0 Å². The number of nitrogens with two attached hydrogens (primary N) is 2. The van der Waals surface area contributed by atoms with Crippen molar-refractivity contribution in [3.8, 4) is 0 Å². The van der Waals surface area contributed by atoms with Crippen LogP contribution in [-0.2, 0) is 0 Å². The lowest BCUT2D eigenvalue weighted by atomic mass is 11.3. The minimum absolute atomic E-state index is 0.181. The summed E-state index contributed by atoms with van der Waals surface area (Å²) in [6.45, 7) is 0. The van der Waals surface area contributed by atoms with E-state index in [1.54, 1.807) is 14.1 Å². The van der Waals surface area contributed by atoms with Crippen LogP contribution in [0.3, 0.4) is 0 Å². The normalized spacial score (nSPS) is 12.0. The summed E-state index contributed by atoms with van der Waals surface area (Å²) in [6.07, 6.45) is 0. The number of hydrogen-bond acceptors (Lipinski definition) is 3. The van der Waals surface area contributed by atoms with Gasteiger partial charge >= 0.3 is 0 Å². The average molecular weight is 91.1 g/mol. The molecule has 0 radical (unpaired) electrons. The van der Waals surface area contributed by atoms with Crippen LogP contribution in [0.25, 0.3) is 0 Å². The van der Waals surface area contributed by atoms with Gasteiger partial charge in [-0.2, -0.15) is 0 Å². The van der Waals surface area contributed by atoms with E-state index in [0.717, 1.165) is 0 Å². The Hall–Kier alpha value is -0.160. The molecule has 0 aliphatic carbocycles. The van der Waals surface area contributed by atoms with Crippen molar-refractivity contribution in [2.75, 3.05) is 14.1 Å². The van der Waals surface area contributed by atoms with Crippen LogP contribution in [-0.4, -0.2) is 18.9 Å². The fourth-order valence-corrected chi connectivity index (χ4v) is 0. The third kappa shape index (κ3) is 3.84. The zero-order valence-electron chi connectivity index (χ0n) is 4.10. The Balaban J connectivity index is 3.17. The highest BCUT2D eigenvalue weighted by atomic mass is 15.9. The summed E-state index contributed by atoms with van der Waals surface area (Å²) in [5.74, 6) is 10.3. The average Bonchev–Trinajstić information content (AvgIpc) is 1.35. The van der Waals surface area contributed by atoms with Gasteiger partial charge in [0.15, 0.2) is 0 Å². The molecule has 0 unspecified atom stereocenters. The second-order valence-electron chi connectivity index (χ2n) is 1.37. The maximum atomic E-state index is 5.14. The highest BCUT2D eigenvalue weighted by Crippen LogP contribution is 1.58. The molecular formula is C2H11N4+. The van der Waals surface area contributed by atoms with Gasteiger partial charge in [0.05, 0.1) is 0 Å². The SMILES string of the molecule is CN[N+](C)(N)N. The van der Waals surface area contributed by atoms with E-state index in [4.69, 9.17) is 11.7 Å². The van der Waals surface area contributed by atoms with E-state index < -0.39 is 0 Å². The highest BCUT2D eigenvalue weighted by molar-refractivity contribution is 3.83. The predicted octanol–water partition coefficient (Wildman–Crippen LogP) is -1.69. The van der Waals surface area contributed by atoms with Crippen molar-refractivity contribution in [2.24, 2.45) is 11.7 Å². The molecule has 0 aliphatic rings. The van der Waals surface area contributed by atoms with Crippen LogP contribution in [0.4, 0.5) is 0 Å². The van der Waals surface area contributed by atoms with Crippen LogP contribution in [0.2, 0.25) is 0 Å². The zero-order chi connectivity index (χ0) is 5.21. The molecule has 0 aromatic rings. The van der Waals surface area contributed by atoms with E-state index in [9.17, 15) is 0 Å². The van der Waals surface area contributed by atoms with Crippen LogP contribution in [0, 0.1) is 0 Å². The van der Waals surface area contributed by atoms with Gasteiger partial charge in [-0.05, 0) is 0 Å². The van der Waals surface area contributed by atoms with Gasteiger partial charge < -0.3 is 0 Å². The molecule has 4 nitrogen and oxygen atoms in total. The van der Waals surface area contributed by atoms with Crippen LogP contribution in [0.1, 0.15) is 0 Å². The molecule has 4 heteroatoms. The van der Waals surface area contributed by atoms with Crippen LogP contribution in [0.15, 0.2) is 0 Å². The van der Waals surface area contributed by atoms with Gasteiger partial charge in [-0.15, -0.1) is 21.9 Å². The van der Waals surface area contributed by atoms with Crippen molar-refractivity contribution in [1.29, 1.82) is 0 Å². The quantitative estimate of drug-likeness (QED) is 0.205. The number of nitrogens with one attached hydrogen (secondary N) is 1. The van der Waals surface area contributed by atoms with Gasteiger partial charge in [0.1, 0.15) is 7.05 Å². The topological polar surface area (TPSA) is 64.1 Å². The van der Waals surface area contributed by atoms with Crippen LogP contribution in [0.5, 0.6) is 0 Å². The number of hydrogen-bond donors (Lipinski definition) is 3. The minimum atomic E-state index is -0.181. The van der Waals surface area contributed by atoms with E-state index in [1.807, 2.05) is 0 Å². The second-order valence-corrected chi connectivity index (χ2v) is 1.37. The van der Waals surface area contributed by atoms with E-state index in [-0.39, 0.29) is 4.81 Å². The number of rotatable bonds is 1. The first kappa shape index (κ1) is 5.84. The maximum absolute atomic E-state index is 5.14. The minimum Gasteiger partial charge on any atom is -0.142 e. The predicted molar refractivity (Wildman–Crippen MR) is 23.6 cm³/mol. The molecule has 0 amide bonds. The molecule has 38 valence electrons. The van der Waals surface area contributed by atoms with Gasteiger partial charge in [-0.25, -0.2) is 0 Å². The lowest BCUT2D eigenvalue weighted by Gasteiger charge is -2.16. The number of quaternary nitrogens is 1. The monoisotopic (exact) mass is 91.1 g/mol. The molecule has 0 fully saturated rings. The summed E-state index contributed by atoms with van der Waals surface area (Å²) in [5, 5.41) is 0. The second kappa shape index (κ2) is 1.53. The van der Waals surface area contributed by atoms with Crippen LogP contribution >= 0.6 is 0 Å². The fourth-order valence-electron chi connectivity index (χ4n) is 0. The molecule has 0 rings (SSSR count). The van der Waals surface area contributed by atoms with E-state index >= 15 is 0 Å². The molecule has 0 spiro atoms. The fraction of sp³-hybridized carbons (Fsp3) is 1.00. The van der Waals surface area contributed by atoms with Gasteiger partial charge in [0.25, 0.3) is 0 Å². The molecule has 0 heterocycles. The Kier molecular flexibility index (Phi) is 1.48. The van der Waals surface area contributed by atoms with Crippen molar-refractivity contribution >= 4 is 0 Å². The standard InChI is InChI=1S/C2H11N4/c1-5-6(2,3)4/h5H,3-4H2,1-2H3/q+1. The molecule has 0 aromatic heterocycles. The van der Waals surface area contributed by atoms with E-state index in [1.165, 1.54) is 0 Å². The van der Waals surface area contributed by atoms with Crippen molar-refractivity contribution in [1.82, 2.24) is 5.43 Å². The largest absolute Gasteiger partial charge is 0.142 e. The molecule has 5 N–H and O–H groups in total. The highest BCUT2D eigenvalue weighted by Gasteiger charge is 1.99. The van der Waals surface area contributed by atoms with Crippen molar-refractivity contribution in [3.05, 3.63) is 0 Å². The van der Waals surface area contributed by atoms with Crippen LogP contribution < -0.4 is 17.1 Å². The lowest BCUT2D eigenvalue weighted by Crippen LogP contribution is -2.64. The van der Waals surface area contributed by atoms with E-state index in [2.05, 4.69) is 5.43 Å². The Morgan fingerprint density at radius 2 is 1.67 bits per heavy atom. The summed E-state index contributed by atoms with van der Waals surface area (Å²) in [6, 6.07) is 0. The third-order valence-corrected chi connectivity index (χ3v) is 0.482. The van der Waals surface area contributed by atoms with Gasteiger partial charge in [-0.1, -0.05) is 0 Å². The van der Waals surface area contributed by atoms with Crippen molar-refractivity contribution < 1.29 is 4.81 Å².